The molecule has 0 aliphatic heterocycles. The second-order valence-corrected chi connectivity index (χ2v) is 7.18. The van der Waals surface area contributed by atoms with E-state index < -0.39 is 17.3 Å². The van der Waals surface area contributed by atoms with Gasteiger partial charge in [0.1, 0.15) is 11.7 Å². The second-order valence-electron chi connectivity index (χ2n) is 7.18. The van der Waals surface area contributed by atoms with E-state index in [1.165, 1.54) is 21.3 Å². The summed E-state index contributed by atoms with van der Waals surface area (Å²) in [4.78, 5) is 0. The van der Waals surface area contributed by atoms with Crippen molar-refractivity contribution >= 4 is 5.71 Å². The average Bonchev–Trinajstić information content (AvgIpc) is 2.77. The van der Waals surface area contributed by atoms with E-state index in [2.05, 4.69) is 18.2 Å². The minimum Gasteiger partial charge on any atom is -0.496 e. The SMILES string of the molecule is COc1cc(OC)c([C@H]2[C@H]3CCCC=C3[C@H](C#N)C(=N)C2(C#N)C#N)cc1OC. The Morgan fingerprint density at radius 1 is 1.00 bits per heavy atom. The van der Waals surface area contributed by atoms with E-state index in [0.29, 0.717) is 22.8 Å². The number of hydrogen-bond acceptors (Lipinski definition) is 7. The van der Waals surface area contributed by atoms with Crippen molar-refractivity contribution in [3.8, 4) is 35.5 Å². The highest BCUT2D eigenvalue weighted by atomic mass is 16.5. The highest BCUT2D eigenvalue weighted by molar-refractivity contribution is 6.01. The number of nitriles is 3. The number of nitrogens with one attached hydrogen (secondary N) is 1. The van der Waals surface area contributed by atoms with E-state index >= 15 is 0 Å². The first kappa shape index (κ1) is 20.2. The van der Waals surface area contributed by atoms with Gasteiger partial charge in [0.05, 0.1) is 45.2 Å². The van der Waals surface area contributed by atoms with E-state index in [9.17, 15) is 15.8 Å². The van der Waals surface area contributed by atoms with E-state index in [-0.39, 0.29) is 11.6 Å². The van der Waals surface area contributed by atoms with Gasteiger partial charge in [-0.1, -0.05) is 6.08 Å². The second kappa shape index (κ2) is 7.86. The number of ether oxygens (including phenoxy) is 3. The van der Waals surface area contributed by atoms with Crippen LogP contribution in [0.2, 0.25) is 0 Å². The molecular formula is C22H22N4O3. The maximum atomic E-state index is 10.1. The van der Waals surface area contributed by atoms with Gasteiger partial charge in [0.15, 0.2) is 16.9 Å². The number of allylic oxidation sites excluding steroid dienone is 2. The normalized spacial score (nSPS) is 24.8. The largest absolute Gasteiger partial charge is 0.496 e. The lowest BCUT2D eigenvalue weighted by Gasteiger charge is -2.46. The summed E-state index contributed by atoms with van der Waals surface area (Å²) in [5, 5.41) is 38.6. The highest BCUT2D eigenvalue weighted by Gasteiger charge is 2.57. The van der Waals surface area contributed by atoms with E-state index in [0.717, 1.165) is 24.8 Å². The van der Waals surface area contributed by atoms with Crippen LogP contribution in [-0.4, -0.2) is 27.0 Å². The van der Waals surface area contributed by atoms with Crippen molar-refractivity contribution in [2.24, 2.45) is 17.3 Å². The van der Waals surface area contributed by atoms with Crippen molar-refractivity contribution < 1.29 is 14.2 Å². The summed E-state index contributed by atoms with van der Waals surface area (Å²) in [6, 6.07) is 9.71. The fourth-order valence-electron chi connectivity index (χ4n) is 4.65. The monoisotopic (exact) mass is 390 g/mol. The number of fused-ring (bicyclic) bond motifs is 1. The number of nitrogens with zero attached hydrogens (tertiary/aromatic N) is 3. The molecule has 1 aromatic carbocycles. The van der Waals surface area contributed by atoms with Gasteiger partial charge < -0.3 is 19.6 Å². The Balaban J connectivity index is 2.34. The summed E-state index contributed by atoms with van der Waals surface area (Å²) in [7, 11) is 4.53. The van der Waals surface area contributed by atoms with Gasteiger partial charge in [0, 0.05) is 17.5 Å². The highest BCUT2D eigenvalue weighted by Crippen LogP contribution is 2.57. The Morgan fingerprint density at radius 3 is 2.17 bits per heavy atom. The lowest BCUT2D eigenvalue weighted by Crippen LogP contribution is -2.48. The third-order valence-corrected chi connectivity index (χ3v) is 6.00. The van der Waals surface area contributed by atoms with Gasteiger partial charge in [-0.3, -0.25) is 0 Å². The molecule has 29 heavy (non-hydrogen) atoms. The molecule has 1 N–H and O–H groups in total. The predicted molar refractivity (Wildman–Crippen MR) is 105 cm³/mol. The number of hydrogen-bond donors (Lipinski definition) is 1. The molecule has 2 aliphatic carbocycles. The molecule has 0 spiro atoms. The molecule has 1 aromatic rings. The first-order valence-electron chi connectivity index (χ1n) is 9.33. The maximum absolute atomic E-state index is 10.1. The Kier molecular flexibility index (Phi) is 5.48. The number of methoxy groups -OCH3 is 3. The minimum atomic E-state index is -1.77. The van der Waals surface area contributed by atoms with Gasteiger partial charge in [-0.05, 0) is 36.8 Å². The molecule has 0 bridgehead atoms. The lowest BCUT2D eigenvalue weighted by atomic mass is 9.53. The topological polar surface area (TPSA) is 123 Å². The van der Waals surface area contributed by atoms with Crippen molar-refractivity contribution in [2.75, 3.05) is 21.3 Å². The Bertz CT molecular complexity index is 979. The zero-order valence-corrected chi connectivity index (χ0v) is 16.7. The third-order valence-electron chi connectivity index (χ3n) is 6.00. The van der Waals surface area contributed by atoms with Crippen molar-refractivity contribution in [1.29, 1.82) is 21.2 Å². The molecule has 0 saturated heterocycles. The molecule has 3 atom stereocenters. The molecule has 0 heterocycles. The summed E-state index contributed by atoms with van der Waals surface area (Å²) in [6.45, 7) is 0. The van der Waals surface area contributed by atoms with Crippen LogP contribution in [0.5, 0.6) is 17.2 Å². The van der Waals surface area contributed by atoms with Gasteiger partial charge in [-0.25, -0.2) is 0 Å². The smallest absolute Gasteiger partial charge is 0.189 e. The molecule has 3 rings (SSSR count). The standard InChI is InChI=1S/C22H22N4O3/c1-27-17-9-19(29-3)18(28-2)8-15(17)20-14-7-5-4-6-13(14)16(10-23)21(26)22(20,11-24)12-25/h6,8-9,14,16,20,26H,4-5,7H2,1-3H3/t14-,16-,20+/m0/s1. The number of benzene rings is 1. The maximum Gasteiger partial charge on any atom is 0.189 e. The molecule has 1 fully saturated rings. The zero-order chi connectivity index (χ0) is 21.2. The Hall–Kier alpha value is -3.50. The van der Waals surface area contributed by atoms with Crippen molar-refractivity contribution in [2.45, 2.75) is 25.2 Å². The van der Waals surface area contributed by atoms with E-state index in [4.69, 9.17) is 19.6 Å². The minimum absolute atomic E-state index is 0.170. The summed E-state index contributed by atoms with van der Waals surface area (Å²) in [5.41, 5.74) is -0.512. The van der Waals surface area contributed by atoms with E-state index in [1.54, 1.807) is 12.1 Å². The van der Waals surface area contributed by atoms with Crippen molar-refractivity contribution in [3.05, 3.63) is 29.3 Å². The Morgan fingerprint density at radius 2 is 1.62 bits per heavy atom. The van der Waals surface area contributed by atoms with Crippen molar-refractivity contribution in [1.82, 2.24) is 0 Å². The lowest BCUT2D eigenvalue weighted by molar-refractivity contribution is 0.303. The molecule has 2 aliphatic rings. The number of rotatable bonds is 4. The molecule has 0 aromatic heterocycles. The molecular weight excluding hydrogens is 368 g/mol. The summed E-state index contributed by atoms with van der Waals surface area (Å²) < 4.78 is 16.4. The molecule has 0 radical (unpaired) electrons. The van der Waals surface area contributed by atoms with Gasteiger partial charge in [-0.15, -0.1) is 0 Å². The first-order chi connectivity index (χ1) is 14.0. The summed E-state index contributed by atoms with van der Waals surface area (Å²) in [5.74, 6) is -0.362. The van der Waals surface area contributed by atoms with Crippen LogP contribution in [0.3, 0.4) is 0 Å². The van der Waals surface area contributed by atoms with Gasteiger partial charge in [0.2, 0.25) is 0 Å². The van der Waals surface area contributed by atoms with Gasteiger partial charge >= 0.3 is 0 Å². The fourth-order valence-corrected chi connectivity index (χ4v) is 4.65. The molecule has 0 unspecified atom stereocenters. The fraction of sp³-hybridized carbons (Fsp3) is 0.455. The quantitative estimate of drug-likeness (QED) is 0.781. The van der Waals surface area contributed by atoms with Crippen LogP contribution in [0, 0.1) is 56.7 Å². The zero-order valence-electron chi connectivity index (χ0n) is 16.7. The van der Waals surface area contributed by atoms with Crippen LogP contribution in [0.1, 0.15) is 30.7 Å². The van der Waals surface area contributed by atoms with Crippen LogP contribution >= 0.6 is 0 Å². The van der Waals surface area contributed by atoms with Crippen LogP contribution < -0.4 is 14.2 Å². The molecule has 148 valence electrons. The molecule has 1 saturated carbocycles. The van der Waals surface area contributed by atoms with E-state index in [1.807, 2.05) is 6.08 Å². The first-order valence-corrected chi connectivity index (χ1v) is 9.33. The van der Waals surface area contributed by atoms with Crippen LogP contribution in [0.25, 0.3) is 0 Å². The van der Waals surface area contributed by atoms with Crippen molar-refractivity contribution in [3.63, 3.8) is 0 Å². The third kappa shape index (κ3) is 2.89. The van der Waals surface area contributed by atoms with Crippen LogP contribution in [0.4, 0.5) is 0 Å². The summed E-state index contributed by atoms with van der Waals surface area (Å²) >= 11 is 0. The van der Waals surface area contributed by atoms with Crippen LogP contribution in [0.15, 0.2) is 23.8 Å². The predicted octanol–water partition coefficient (Wildman–Crippen LogP) is 3.73. The van der Waals surface area contributed by atoms with Crippen LogP contribution in [-0.2, 0) is 0 Å². The Labute approximate surface area is 170 Å². The summed E-state index contributed by atoms with van der Waals surface area (Å²) in [6.07, 6.45) is 4.43. The molecule has 7 heteroatoms. The molecule has 7 nitrogen and oxygen atoms in total. The average molecular weight is 390 g/mol. The van der Waals surface area contributed by atoms with Gasteiger partial charge in [0.25, 0.3) is 0 Å². The molecule has 0 amide bonds. The van der Waals surface area contributed by atoms with Gasteiger partial charge in [-0.2, -0.15) is 15.8 Å².